The minimum atomic E-state index is -0.614. The Balaban J connectivity index is 1.55. The van der Waals surface area contributed by atoms with Crippen molar-refractivity contribution in [2.75, 3.05) is 34.0 Å². The molecule has 1 saturated heterocycles. The van der Waals surface area contributed by atoms with Crippen LogP contribution in [-0.4, -0.2) is 51.9 Å². The van der Waals surface area contributed by atoms with Gasteiger partial charge in [0, 0.05) is 47.0 Å². The van der Waals surface area contributed by atoms with Crippen molar-refractivity contribution in [3.05, 3.63) is 76.1 Å². The molecular formula is C32H37NO7. The molecule has 0 bridgehead atoms. The quantitative estimate of drug-likeness (QED) is 0.429. The number of para-hydroxylation sites is 1. The third-order valence-corrected chi connectivity index (χ3v) is 7.88. The van der Waals surface area contributed by atoms with Crippen molar-refractivity contribution in [1.29, 1.82) is 0 Å². The number of esters is 1. The van der Waals surface area contributed by atoms with E-state index < -0.39 is 11.9 Å². The van der Waals surface area contributed by atoms with Gasteiger partial charge in [0.05, 0.1) is 38.4 Å². The van der Waals surface area contributed by atoms with Crippen molar-refractivity contribution < 1.29 is 33.3 Å². The molecule has 212 valence electrons. The van der Waals surface area contributed by atoms with Gasteiger partial charge in [-0.25, -0.2) is 4.79 Å². The van der Waals surface area contributed by atoms with Crippen LogP contribution >= 0.6 is 0 Å². The number of dihydropyridines is 1. The summed E-state index contributed by atoms with van der Waals surface area (Å²) >= 11 is 0. The molecule has 0 unspecified atom stereocenters. The van der Waals surface area contributed by atoms with Gasteiger partial charge >= 0.3 is 5.97 Å². The SMILES string of the molecule is CCOc1ccccc1[C@@H]1C(C(=O)OC[C@@H]2CCCO2)=C(C)NC2=C1C(=O)C[C@H](c1cc(OC)ccc1OC)C2. The van der Waals surface area contributed by atoms with Crippen molar-refractivity contribution in [2.24, 2.45) is 0 Å². The lowest BCUT2D eigenvalue weighted by Crippen LogP contribution is -2.36. The summed E-state index contributed by atoms with van der Waals surface area (Å²) in [5, 5.41) is 3.42. The number of hydrogen-bond acceptors (Lipinski definition) is 8. The highest BCUT2D eigenvalue weighted by Crippen LogP contribution is 2.49. The van der Waals surface area contributed by atoms with Gasteiger partial charge in [-0.15, -0.1) is 0 Å². The summed E-state index contributed by atoms with van der Waals surface area (Å²) in [5.41, 5.74) is 4.16. The normalized spacial score (nSPS) is 22.5. The van der Waals surface area contributed by atoms with Crippen LogP contribution < -0.4 is 19.5 Å². The highest BCUT2D eigenvalue weighted by molar-refractivity contribution is 6.04. The van der Waals surface area contributed by atoms with E-state index in [1.165, 1.54) is 0 Å². The van der Waals surface area contributed by atoms with Crippen LogP contribution in [0.25, 0.3) is 0 Å². The molecule has 8 nitrogen and oxygen atoms in total. The van der Waals surface area contributed by atoms with Gasteiger partial charge < -0.3 is 29.0 Å². The van der Waals surface area contributed by atoms with Crippen LogP contribution in [0.2, 0.25) is 0 Å². The first-order chi connectivity index (χ1) is 19.4. The number of ether oxygens (including phenoxy) is 5. The third-order valence-electron chi connectivity index (χ3n) is 7.88. The fraction of sp³-hybridized carbons (Fsp3) is 0.438. The van der Waals surface area contributed by atoms with E-state index in [-0.39, 0.29) is 30.8 Å². The van der Waals surface area contributed by atoms with Gasteiger partial charge in [-0.05, 0) is 57.4 Å². The molecule has 2 heterocycles. The van der Waals surface area contributed by atoms with Crippen molar-refractivity contribution in [3.8, 4) is 17.2 Å². The molecule has 8 heteroatoms. The van der Waals surface area contributed by atoms with E-state index in [4.69, 9.17) is 23.7 Å². The summed E-state index contributed by atoms with van der Waals surface area (Å²) in [4.78, 5) is 27.7. The molecule has 2 aromatic carbocycles. The molecular weight excluding hydrogens is 510 g/mol. The molecule has 3 atom stereocenters. The van der Waals surface area contributed by atoms with Gasteiger partial charge in [-0.3, -0.25) is 4.79 Å². The monoisotopic (exact) mass is 547 g/mol. The summed E-state index contributed by atoms with van der Waals surface area (Å²) in [6.45, 7) is 5.11. The van der Waals surface area contributed by atoms with Crippen LogP contribution in [0, 0.1) is 0 Å². The minimum absolute atomic E-state index is 0.0307. The highest BCUT2D eigenvalue weighted by atomic mass is 16.6. The first kappa shape index (κ1) is 27.8. The van der Waals surface area contributed by atoms with Crippen molar-refractivity contribution in [3.63, 3.8) is 0 Å². The van der Waals surface area contributed by atoms with Crippen LogP contribution in [-0.2, 0) is 19.1 Å². The Morgan fingerprint density at radius 1 is 1.05 bits per heavy atom. The molecule has 0 saturated carbocycles. The Morgan fingerprint density at radius 2 is 1.88 bits per heavy atom. The Hall–Kier alpha value is -3.78. The van der Waals surface area contributed by atoms with Gasteiger partial charge in [0.1, 0.15) is 23.9 Å². The van der Waals surface area contributed by atoms with Crippen molar-refractivity contribution >= 4 is 11.8 Å². The number of nitrogens with one attached hydrogen (secondary N) is 1. The smallest absolute Gasteiger partial charge is 0.336 e. The molecule has 40 heavy (non-hydrogen) atoms. The number of hydrogen-bond donors (Lipinski definition) is 1. The van der Waals surface area contributed by atoms with Crippen LogP contribution in [0.5, 0.6) is 17.2 Å². The molecule has 1 fully saturated rings. The second-order valence-corrected chi connectivity index (χ2v) is 10.3. The van der Waals surface area contributed by atoms with Crippen LogP contribution in [0.1, 0.15) is 62.5 Å². The molecule has 0 amide bonds. The van der Waals surface area contributed by atoms with E-state index in [0.29, 0.717) is 53.7 Å². The Morgan fingerprint density at radius 3 is 2.60 bits per heavy atom. The lowest BCUT2D eigenvalue weighted by molar-refractivity contribution is -0.142. The fourth-order valence-electron chi connectivity index (χ4n) is 6.03. The van der Waals surface area contributed by atoms with Gasteiger partial charge in [0.25, 0.3) is 0 Å². The zero-order valence-electron chi connectivity index (χ0n) is 23.6. The first-order valence-corrected chi connectivity index (χ1v) is 13.9. The average molecular weight is 548 g/mol. The predicted octanol–water partition coefficient (Wildman–Crippen LogP) is 5.19. The largest absolute Gasteiger partial charge is 0.497 e. The summed E-state index contributed by atoms with van der Waals surface area (Å²) in [7, 11) is 3.25. The van der Waals surface area contributed by atoms with Crippen LogP contribution in [0.15, 0.2) is 65.0 Å². The Bertz CT molecular complexity index is 1340. The number of carbonyl (C=O) groups excluding carboxylic acids is 2. The summed E-state index contributed by atoms with van der Waals surface area (Å²) in [6.07, 6.45) is 2.57. The van der Waals surface area contributed by atoms with E-state index in [9.17, 15) is 9.59 Å². The minimum Gasteiger partial charge on any atom is -0.497 e. The lowest BCUT2D eigenvalue weighted by Gasteiger charge is -2.37. The maximum absolute atomic E-state index is 14.1. The van der Waals surface area contributed by atoms with E-state index in [1.54, 1.807) is 14.2 Å². The number of benzene rings is 2. The molecule has 2 aliphatic heterocycles. The number of carbonyl (C=O) groups is 2. The number of allylic oxidation sites excluding steroid dienone is 3. The predicted molar refractivity (Wildman–Crippen MR) is 150 cm³/mol. The molecule has 0 aromatic heterocycles. The lowest BCUT2D eigenvalue weighted by atomic mass is 9.71. The Labute approximate surface area is 235 Å². The molecule has 1 aliphatic carbocycles. The average Bonchev–Trinajstić information content (AvgIpc) is 3.49. The fourth-order valence-corrected chi connectivity index (χ4v) is 6.03. The second-order valence-electron chi connectivity index (χ2n) is 10.3. The molecule has 1 N–H and O–H groups in total. The summed E-state index contributed by atoms with van der Waals surface area (Å²) < 4.78 is 28.5. The van der Waals surface area contributed by atoms with Gasteiger partial charge in [0.2, 0.25) is 0 Å². The van der Waals surface area contributed by atoms with Crippen molar-refractivity contribution in [1.82, 2.24) is 5.32 Å². The van der Waals surface area contributed by atoms with Gasteiger partial charge in [0.15, 0.2) is 5.78 Å². The molecule has 3 aliphatic rings. The number of methoxy groups -OCH3 is 2. The molecule has 0 spiro atoms. The van der Waals surface area contributed by atoms with Crippen LogP contribution in [0.3, 0.4) is 0 Å². The van der Waals surface area contributed by atoms with Crippen molar-refractivity contribution in [2.45, 2.75) is 57.5 Å². The van der Waals surface area contributed by atoms with E-state index >= 15 is 0 Å². The maximum Gasteiger partial charge on any atom is 0.336 e. The first-order valence-electron chi connectivity index (χ1n) is 13.9. The van der Waals surface area contributed by atoms with E-state index in [1.807, 2.05) is 56.3 Å². The van der Waals surface area contributed by atoms with Gasteiger partial charge in [-0.1, -0.05) is 18.2 Å². The Kier molecular flexibility index (Phi) is 8.45. The second kappa shape index (κ2) is 12.2. The molecule has 2 aromatic rings. The number of rotatable bonds is 9. The van der Waals surface area contributed by atoms with E-state index in [2.05, 4.69) is 5.32 Å². The zero-order valence-corrected chi connectivity index (χ0v) is 23.6. The summed E-state index contributed by atoms with van der Waals surface area (Å²) in [6, 6.07) is 13.2. The molecule has 5 rings (SSSR count). The highest BCUT2D eigenvalue weighted by Gasteiger charge is 2.43. The zero-order chi connectivity index (χ0) is 28.2. The third kappa shape index (κ3) is 5.45. The molecule has 0 radical (unpaired) electrons. The maximum atomic E-state index is 14.1. The number of ketones is 1. The summed E-state index contributed by atoms with van der Waals surface area (Å²) in [5.74, 6) is 0.844. The van der Waals surface area contributed by atoms with Crippen LogP contribution in [0.4, 0.5) is 0 Å². The standard InChI is InChI=1S/C32H37NO7/c1-5-38-28-11-7-6-10-23(28)30-29(32(35)40-18-22-9-8-14-39-22)19(2)33-25-15-20(16-26(34)31(25)30)24-17-21(36-3)12-13-27(24)37-4/h6-7,10-13,17,20,22,30,33H,5,8-9,14-16,18H2,1-4H3/t20-,22+,30-/m1/s1. The topological polar surface area (TPSA) is 92.3 Å². The van der Waals surface area contributed by atoms with Gasteiger partial charge in [-0.2, -0.15) is 0 Å². The van der Waals surface area contributed by atoms with E-state index in [0.717, 1.165) is 29.7 Å². The number of Topliss-reactive ketones (excluding diaryl/α,β-unsaturated/α-hetero) is 1.